The van der Waals surface area contributed by atoms with Gasteiger partial charge in [0.1, 0.15) is 5.75 Å². The predicted octanol–water partition coefficient (Wildman–Crippen LogP) is 6.35. The molecule has 2 nitrogen and oxygen atoms in total. The van der Waals surface area contributed by atoms with Crippen molar-refractivity contribution in [3.63, 3.8) is 0 Å². The molecule has 0 bridgehead atoms. The van der Waals surface area contributed by atoms with Gasteiger partial charge in [0, 0.05) is 11.3 Å². The number of aromatic hydroxyl groups is 1. The Balaban J connectivity index is 2.65. The van der Waals surface area contributed by atoms with Crippen molar-refractivity contribution in [2.75, 3.05) is 5.32 Å². The van der Waals surface area contributed by atoms with Gasteiger partial charge in [0.25, 0.3) is 0 Å². The fourth-order valence-corrected chi connectivity index (χ4v) is 2.88. The highest BCUT2D eigenvalue weighted by molar-refractivity contribution is 5.73. The molecule has 0 saturated carbocycles. The zero-order chi connectivity index (χ0) is 18.3. The van der Waals surface area contributed by atoms with Gasteiger partial charge in [-0.3, -0.25) is 0 Å². The van der Waals surface area contributed by atoms with Crippen LogP contribution in [0.2, 0.25) is 0 Å². The molecule has 0 radical (unpaired) electrons. The molecule has 0 aromatic heterocycles. The van der Waals surface area contributed by atoms with E-state index in [1.807, 2.05) is 0 Å². The largest absolute Gasteiger partial charge is 0.505 e. The summed E-state index contributed by atoms with van der Waals surface area (Å²) in [6.07, 6.45) is 0. The van der Waals surface area contributed by atoms with E-state index in [1.54, 1.807) is 0 Å². The Morgan fingerprint density at radius 2 is 1.38 bits per heavy atom. The molecule has 130 valence electrons. The number of phenolic OH excluding ortho intramolecular Hbond substituents is 1. The number of anilines is 2. The van der Waals surface area contributed by atoms with Crippen molar-refractivity contribution in [2.24, 2.45) is 0 Å². The molecule has 0 spiro atoms. The quantitative estimate of drug-likeness (QED) is 0.631. The first-order valence-electron chi connectivity index (χ1n) is 8.62. The second-order valence-corrected chi connectivity index (χ2v) is 8.81. The Kier molecular flexibility index (Phi) is 4.72. The molecule has 0 aliphatic rings. The van der Waals surface area contributed by atoms with Gasteiger partial charge in [0.2, 0.25) is 0 Å². The fourth-order valence-electron chi connectivity index (χ4n) is 2.88. The average molecular weight is 325 g/mol. The van der Waals surface area contributed by atoms with Crippen LogP contribution in [0, 0.1) is 13.8 Å². The summed E-state index contributed by atoms with van der Waals surface area (Å²) >= 11 is 0. The van der Waals surface area contributed by atoms with E-state index in [4.69, 9.17) is 0 Å². The van der Waals surface area contributed by atoms with Crippen LogP contribution in [0.1, 0.15) is 63.8 Å². The predicted molar refractivity (Wildman–Crippen MR) is 105 cm³/mol. The van der Waals surface area contributed by atoms with Crippen LogP contribution in [0.5, 0.6) is 5.75 Å². The van der Waals surface area contributed by atoms with Gasteiger partial charge in [-0.15, -0.1) is 0 Å². The number of phenols is 1. The molecule has 2 N–H and O–H groups in total. The van der Waals surface area contributed by atoms with E-state index in [0.717, 1.165) is 16.9 Å². The van der Waals surface area contributed by atoms with Crippen LogP contribution in [0.25, 0.3) is 0 Å². The van der Waals surface area contributed by atoms with Crippen LogP contribution in [0.4, 0.5) is 11.4 Å². The van der Waals surface area contributed by atoms with Crippen molar-refractivity contribution >= 4 is 11.4 Å². The van der Waals surface area contributed by atoms with Gasteiger partial charge in [0.15, 0.2) is 0 Å². The van der Waals surface area contributed by atoms with Gasteiger partial charge in [-0.25, -0.2) is 0 Å². The van der Waals surface area contributed by atoms with Crippen molar-refractivity contribution in [1.82, 2.24) is 0 Å². The Bertz CT molecular complexity index is 726. The van der Waals surface area contributed by atoms with E-state index in [2.05, 4.69) is 91.0 Å². The monoisotopic (exact) mass is 325 g/mol. The maximum Gasteiger partial charge on any atom is 0.142 e. The summed E-state index contributed by atoms with van der Waals surface area (Å²) < 4.78 is 0. The highest BCUT2D eigenvalue weighted by Crippen LogP contribution is 2.41. The maximum atomic E-state index is 10.9. The van der Waals surface area contributed by atoms with Crippen molar-refractivity contribution < 1.29 is 5.11 Å². The van der Waals surface area contributed by atoms with Gasteiger partial charge in [-0.1, -0.05) is 65.8 Å². The van der Waals surface area contributed by atoms with Crippen molar-refractivity contribution in [3.05, 3.63) is 52.6 Å². The third kappa shape index (κ3) is 3.75. The molecule has 2 heteroatoms. The third-order valence-electron chi connectivity index (χ3n) is 4.52. The summed E-state index contributed by atoms with van der Waals surface area (Å²) in [5.74, 6) is 0.346. The number of rotatable bonds is 2. The zero-order valence-electron chi connectivity index (χ0n) is 16.3. The molecule has 2 rings (SSSR count). The molecule has 0 amide bonds. The van der Waals surface area contributed by atoms with Crippen molar-refractivity contribution in [3.8, 4) is 5.75 Å². The molecule has 0 aliphatic heterocycles. The number of para-hydroxylation sites is 1. The van der Waals surface area contributed by atoms with Crippen molar-refractivity contribution in [2.45, 2.75) is 66.2 Å². The fraction of sp³-hybridized carbons (Fsp3) is 0.455. The molecular formula is C22H31NO. The molecular weight excluding hydrogens is 294 g/mol. The SMILES string of the molecule is Cc1cccc(C)c1Nc1cc(C(C)(C)C)cc(C(C)(C)C)c1O. The third-order valence-corrected chi connectivity index (χ3v) is 4.52. The van der Waals surface area contributed by atoms with Gasteiger partial charge in [-0.2, -0.15) is 0 Å². The summed E-state index contributed by atoms with van der Waals surface area (Å²) in [5.41, 5.74) is 6.29. The van der Waals surface area contributed by atoms with Crippen LogP contribution in [0.3, 0.4) is 0 Å². The van der Waals surface area contributed by atoms with E-state index in [9.17, 15) is 5.11 Å². The lowest BCUT2D eigenvalue weighted by atomic mass is 9.79. The smallest absolute Gasteiger partial charge is 0.142 e. The Hall–Kier alpha value is -1.96. The van der Waals surface area contributed by atoms with E-state index in [0.29, 0.717) is 5.75 Å². The molecule has 0 fully saturated rings. The summed E-state index contributed by atoms with van der Waals surface area (Å²) in [6.45, 7) is 17.2. The second kappa shape index (κ2) is 6.16. The Morgan fingerprint density at radius 1 is 0.833 bits per heavy atom. The van der Waals surface area contributed by atoms with E-state index in [1.165, 1.54) is 16.7 Å². The van der Waals surface area contributed by atoms with E-state index >= 15 is 0 Å². The minimum Gasteiger partial charge on any atom is -0.505 e. The van der Waals surface area contributed by atoms with Crippen LogP contribution in [-0.2, 0) is 10.8 Å². The summed E-state index contributed by atoms with van der Waals surface area (Å²) in [4.78, 5) is 0. The molecule has 0 unspecified atom stereocenters. The molecule has 0 atom stereocenters. The molecule has 2 aromatic carbocycles. The second-order valence-electron chi connectivity index (χ2n) is 8.81. The van der Waals surface area contributed by atoms with Crippen LogP contribution < -0.4 is 5.32 Å². The number of hydrogen-bond donors (Lipinski definition) is 2. The summed E-state index contributed by atoms with van der Waals surface area (Å²) in [7, 11) is 0. The average Bonchev–Trinajstić information content (AvgIpc) is 2.42. The van der Waals surface area contributed by atoms with E-state index < -0.39 is 0 Å². The van der Waals surface area contributed by atoms with Crippen molar-refractivity contribution in [1.29, 1.82) is 0 Å². The normalized spacial score (nSPS) is 12.3. The first-order chi connectivity index (χ1) is 10.9. The first-order valence-corrected chi connectivity index (χ1v) is 8.62. The number of hydrogen-bond acceptors (Lipinski definition) is 2. The lowest BCUT2D eigenvalue weighted by Gasteiger charge is -2.28. The van der Waals surface area contributed by atoms with Gasteiger partial charge >= 0.3 is 0 Å². The number of nitrogens with one attached hydrogen (secondary N) is 1. The number of benzene rings is 2. The van der Waals surface area contributed by atoms with Crippen LogP contribution in [-0.4, -0.2) is 5.11 Å². The van der Waals surface area contributed by atoms with Gasteiger partial charge in [-0.05, 0) is 47.4 Å². The minimum absolute atomic E-state index is 0.0188. The summed E-state index contributed by atoms with van der Waals surface area (Å²) in [5, 5.41) is 14.4. The highest BCUT2D eigenvalue weighted by atomic mass is 16.3. The topological polar surface area (TPSA) is 32.3 Å². The van der Waals surface area contributed by atoms with E-state index in [-0.39, 0.29) is 10.8 Å². The highest BCUT2D eigenvalue weighted by Gasteiger charge is 2.25. The molecule has 0 aliphatic carbocycles. The maximum absolute atomic E-state index is 10.9. The Morgan fingerprint density at radius 3 is 1.83 bits per heavy atom. The first kappa shape index (κ1) is 18.4. The molecule has 0 saturated heterocycles. The molecule has 0 heterocycles. The Labute approximate surface area is 146 Å². The standard InChI is InChI=1S/C22H31NO/c1-14-10-9-11-15(2)19(14)23-18-13-16(21(3,4)5)12-17(20(18)24)22(6,7)8/h9-13,23-24H,1-8H3. The lowest BCUT2D eigenvalue weighted by molar-refractivity contribution is 0.447. The van der Waals surface area contributed by atoms with Gasteiger partial charge < -0.3 is 10.4 Å². The molecule has 2 aromatic rings. The minimum atomic E-state index is -0.122. The lowest BCUT2D eigenvalue weighted by Crippen LogP contribution is -2.17. The van der Waals surface area contributed by atoms with Crippen LogP contribution in [0.15, 0.2) is 30.3 Å². The zero-order valence-corrected chi connectivity index (χ0v) is 16.3. The van der Waals surface area contributed by atoms with Gasteiger partial charge in [0.05, 0.1) is 5.69 Å². The summed E-state index contributed by atoms with van der Waals surface area (Å²) in [6, 6.07) is 10.5. The van der Waals surface area contributed by atoms with Crippen LogP contribution >= 0.6 is 0 Å². The molecule has 24 heavy (non-hydrogen) atoms. The number of aryl methyl sites for hydroxylation is 2.